The van der Waals surface area contributed by atoms with E-state index in [2.05, 4.69) is 16.8 Å². The number of hydrogen-bond donors (Lipinski definition) is 2. The van der Waals surface area contributed by atoms with E-state index in [0.717, 1.165) is 0 Å². The van der Waals surface area contributed by atoms with Crippen LogP contribution < -0.4 is 11.1 Å². The van der Waals surface area contributed by atoms with E-state index in [-0.39, 0.29) is 16.9 Å². The van der Waals surface area contributed by atoms with E-state index in [9.17, 15) is 8.78 Å². The largest absolute Gasteiger partial charge is 0.395 e. The summed E-state index contributed by atoms with van der Waals surface area (Å²) in [6.45, 7) is 8.39. The number of rotatable bonds is 2. The molecule has 0 saturated carbocycles. The Morgan fingerprint density at radius 3 is 2.44 bits per heavy atom. The zero-order valence-corrected chi connectivity index (χ0v) is 12.1. The molecule has 0 unspecified atom stereocenters. The molecular weight excluding hydrogens is 250 g/mol. The van der Waals surface area contributed by atoms with Gasteiger partial charge in [0.25, 0.3) is 0 Å². The van der Waals surface area contributed by atoms with Crippen LogP contribution >= 0.6 is 0 Å². The van der Waals surface area contributed by atoms with Gasteiger partial charge in [0.05, 0.1) is 16.9 Å². The Balaban J connectivity index is 3.30. The molecule has 0 amide bonds. The summed E-state index contributed by atoms with van der Waals surface area (Å²) in [6.07, 6.45) is 0. The van der Waals surface area contributed by atoms with E-state index in [1.165, 1.54) is 6.07 Å². The van der Waals surface area contributed by atoms with Gasteiger partial charge in [-0.1, -0.05) is 25.6 Å². The molecule has 0 saturated heterocycles. The first-order valence-corrected chi connectivity index (χ1v) is 9.30. The summed E-state index contributed by atoms with van der Waals surface area (Å²) in [6, 6.07) is 1.19. The smallest absolute Gasteiger partial charge is 0.166 e. The van der Waals surface area contributed by atoms with Gasteiger partial charge in [0.2, 0.25) is 0 Å². The fourth-order valence-electron chi connectivity index (χ4n) is 1.34. The van der Waals surface area contributed by atoms with Crippen molar-refractivity contribution in [2.75, 3.05) is 17.6 Å². The third-order valence-corrected chi connectivity index (χ3v) is 3.06. The third kappa shape index (κ3) is 3.47. The summed E-state index contributed by atoms with van der Waals surface area (Å²) < 4.78 is 27.7. The molecule has 0 radical (unpaired) electrons. The second kappa shape index (κ2) is 5.40. The number of hydrogen-bond acceptors (Lipinski definition) is 2. The average molecular weight is 268 g/mol. The molecular formula is C13H18F2N2Si. The van der Waals surface area contributed by atoms with Crippen LogP contribution in [-0.4, -0.2) is 14.6 Å². The maximum atomic E-state index is 13.9. The molecule has 1 rings (SSSR count). The van der Waals surface area contributed by atoms with E-state index in [4.69, 9.17) is 5.73 Å². The Morgan fingerprint density at radius 1 is 1.33 bits per heavy atom. The summed E-state index contributed by atoms with van der Waals surface area (Å²) in [5.74, 6) is 1.13. The normalized spacial score (nSPS) is 10.8. The lowest BCUT2D eigenvalue weighted by molar-refractivity contribution is 0.581. The second-order valence-electron chi connectivity index (χ2n) is 5.04. The predicted octanol–water partition coefficient (Wildman–Crippen LogP) is 3.21. The number of anilines is 2. The van der Waals surface area contributed by atoms with Crippen LogP contribution in [0.25, 0.3) is 0 Å². The van der Waals surface area contributed by atoms with Gasteiger partial charge in [-0.25, -0.2) is 8.78 Å². The zero-order valence-electron chi connectivity index (χ0n) is 11.1. The minimum absolute atomic E-state index is 0.0851. The highest BCUT2D eigenvalue weighted by Gasteiger charge is 2.16. The Kier molecular flexibility index (Phi) is 4.36. The summed E-state index contributed by atoms with van der Waals surface area (Å²) >= 11 is 0. The molecule has 18 heavy (non-hydrogen) atoms. The van der Waals surface area contributed by atoms with E-state index >= 15 is 0 Å². The minimum atomic E-state index is -1.68. The van der Waals surface area contributed by atoms with Crippen molar-refractivity contribution in [2.24, 2.45) is 0 Å². The molecule has 0 heterocycles. The highest BCUT2D eigenvalue weighted by atomic mass is 28.3. The molecule has 0 bridgehead atoms. The van der Waals surface area contributed by atoms with Gasteiger partial charge < -0.3 is 11.1 Å². The Hall–Kier alpha value is -1.54. The van der Waals surface area contributed by atoms with E-state index in [1.54, 1.807) is 0 Å². The van der Waals surface area contributed by atoms with Crippen LogP contribution in [0.15, 0.2) is 6.07 Å². The van der Waals surface area contributed by atoms with Crippen molar-refractivity contribution in [3.8, 4) is 11.5 Å². The average Bonchev–Trinajstić information content (AvgIpc) is 2.24. The molecule has 1 aromatic rings. The molecule has 2 nitrogen and oxygen atoms in total. The first-order chi connectivity index (χ1) is 8.26. The standard InChI is InChI=1S/C13H18F2N2Si/c1-5-17-11-8-10(14)9(12(15)13(11)16)6-7-18(2,3)4/h8,17H,5,16H2,1-4H3. The van der Waals surface area contributed by atoms with E-state index in [0.29, 0.717) is 6.54 Å². The molecule has 0 aliphatic carbocycles. The van der Waals surface area contributed by atoms with Crippen molar-refractivity contribution in [1.29, 1.82) is 0 Å². The predicted molar refractivity (Wildman–Crippen MR) is 75.2 cm³/mol. The fraction of sp³-hybridized carbons (Fsp3) is 0.385. The lowest BCUT2D eigenvalue weighted by Crippen LogP contribution is -2.16. The monoisotopic (exact) mass is 268 g/mol. The van der Waals surface area contributed by atoms with Crippen molar-refractivity contribution in [1.82, 2.24) is 0 Å². The maximum absolute atomic E-state index is 13.9. The molecule has 98 valence electrons. The molecule has 1 aromatic carbocycles. The summed E-state index contributed by atoms with van der Waals surface area (Å²) in [5.41, 5.74) is 8.49. The van der Waals surface area contributed by atoms with Gasteiger partial charge in [-0.2, -0.15) is 0 Å². The molecule has 0 atom stereocenters. The van der Waals surface area contributed by atoms with Crippen molar-refractivity contribution in [2.45, 2.75) is 26.6 Å². The fourth-order valence-corrected chi connectivity index (χ4v) is 1.84. The van der Waals surface area contributed by atoms with Gasteiger partial charge >= 0.3 is 0 Å². The molecule has 0 aliphatic rings. The van der Waals surface area contributed by atoms with Crippen LogP contribution in [0.4, 0.5) is 20.2 Å². The second-order valence-corrected chi connectivity index (χ2v) is 9.79. The van der Waals surface area contributed by atoms with Crippen molar-refractivity contribution in [3.05, 3.63) is 23.3 Å². The SMILES string of the molecule is CCNc1cc(F)c(C#C[Si](C)(C)C)c(F)c1N. The number of benzene rings is 1. The van der Waals surface area contributed by atoms with Crippen LogP contribution in [0.5, 0.6) is 0 Å². The van der Waals surface area contributed by atoms with E-state index < -0.39 is 19.7 Å². The van der Waals surface area contributed by atoms with Crippen molar-refractivity contribution < 1.29 is 8.78 Å². The quantitative estimate of drug-likeness (QED) is 0.491. The topological polar surface area (TPSA) is 38.0 Å². The summed E-state index contributed by atoms with van der Waals surface area (Å²) in [7, 11) is -1.68. The first kappa shape index (κ1) is 14.5. The van der Waals surface area contributed by atoms with Gasteiger partial charge in [-0.15, -0.1) is 5.54 Å². The van der Waals surface area contributed by atoms with Gasteiger partial charge in [0.1, 0.15) is 13.9 Å². The third-order valence-electron chi connectivity index (χ3n) is 2.19. The number of nitrogen functional groups attached to an aromatic ring is 1. The zero-order chi connectivity index (χ0) is 13.9. The van der Waals surface area contributed by atoms with Gasteiger partial charge in [0.15, 0.2) is 5.82 Å². The first-order valence-electron chi connectivity index (χ1n) is 5.80. The van der Waals surface area contributed by atoms with Crippen LogP contribution in [0.1, 0.15) is 12.5 Å². The van der Waals surface area contributed by atoms with Crippen LogP contribution in [-0.2, 0) is 0 Å². The highest BCUT2D eigenvalue weighted by Crippen LogP contribution is 2.27. The number of halogens is 2. The molecule has 0 aromatic heterocycles. The number of nitrogens with one attached hydrogen (secondary N) is 1. The van der Waals surface area contributed by atoms with Gasteiger partial charge in [0, 0.05) is 12.6 Å². The number of nitrogens with two attached hydrogens (primary N) is 1. The van der Waals surface area contributed by atoms with Crippen molar-refractivity contribution in [3.63, 3.8) is 0 Å². The molecule has 3 N–H and O–H groups in total. The Labute approximate surface area is 108 Å². The van der Waals surface area contributed by atoms with Gasteiger partial charge in [-0.05, 0) is 6.92 Å². The molecule has 0 aliphatic heterocycles. The van der Waals surface area contributed by atoms with E-state index in [1.807, 2.05) is 26.6 Å². The Morgan fingerprint density at radius 2 is 1.94 bits per heavy atom. The molecule has 0 fully saturated rings. The van der Waals surface area contributed by atoms with Crippen molar-refractivity contribution >= 4 is 19.4 Å². The summed E-state index contributed by atoms with van der Waals surface area (Å²) in [5, 5.41) is 2.81. The van der Waals surface area contributed by atoms with Crippen LogP contribution in [0.2, 0.25) is 19.6 Å². The molecule has 5 heteroatoms. The highest BCUT2D eigenvalue weighted by molar-refractivity contribution is 6.83. The summed E-state index contributed by atoms with van der Waals surface area (Å²) in [4.78, 5) is 0. The minimum Gasteiger partial charge on any atom is -0.395 e. The molecule has 0 spiro atoms. The lowest BCUT2D eigenvalue weighted by Gasteiger charge is -2.10. The van der Waals surface area contributed by atoms with Gasteiger partial charge in [-0.3, -0.25) is 0 Å². The van der Waals surface area contributed by atoms with Crippen LogP contribution in [0, 0.1) is 23.1 Å². The maximum Gasteiger partial charge on any atom is 0.166 e. The Bertz CT molecular complexity index is 510. The van der Waals surface area contributed by atoms with Crippen LogP contribution in [0.3, 0.4) is 0 Å². The lowest BCUT2D eigenvalue weighted by atomic mass is 10.1.